The second-order valence-corrected chi connectivity index (χ2v) is 11.4. The molecule has 0 spiro atoms. The number of hydrogen-bond donors (Lipinski definition) is 4. The molecule has 9 nitrogen and oxygen atoms in total. The summed E-state index contributed by atoms with van der Waals surface area (Å²) in [6.07, 6.45) is 9.33. The predicted octanol–water partition coefficient (Wildman–Crippen LogP) is 2.05. The van der Waals surface area contributed by atoms with Gasteiger partial charge in [-0.25, -0.2) is 0 Å². The van der Waals surface area contributed by atoms with Gasteiger partial charge in [-0.1, -0.05) is 18.2 Å². The fraction of sp³-hybridized carbons (Fsp3) is 0.667. The highest BCUT2D eigenvalue weighted by atomic mass is 16.5. The molecule has 3 fully saturated rings. The van der Waals surface area contributed by atoms with Gasteiger partial charge in [0.25, 0.3) is 0 Å². The second kappa shape index (κ2) is 9.70. The Balaban J connectivity index is 1.21. The number of piperidine rings is 1. The third-order valence-corrected chi connectivity index (χ3v) is 8.75. The summed E-state index contributed by atoms with van der Waals surface area (Å²) < 4.78 is 6.13. The first-order valence-corrected chi connectivity index (χ1v) is 13.6. The van der Waals surface area contributed by atoms with E-state index in [1.807, 2.05) is 5.01 Å². The van der Waals surface area contributed by atoms with Crippen LogP contribution in [0.5, 0.6) is 0 Å². The van der Waals surface area contributed by atoms with Gasteiger partial charge in [0.15, 0.2) is 0 Å². The number of hydrazine groups is 1. The van der Waals surface area contributed by atoms with E-state index in [2.05, 4.69) is 82.4 Å². The van der Waals surface area contributed by atoms with Crippen LogP contribution in [0, 0.1) is 5.92 Å². The highest BCUT2D eigenvalue weighted by molar-refractivity contribution is 5.82. The fourth-order valence-corrected chi connectivity index (χ4v) is 6.45. The fourth-order valence-electron chi connectivity index (χ4n) is 6.45. The van der Waals surface area contributed by atoms with Crippen molar-refractivity contribution in [2.75, 3.05) is 32.1 Å². The van der Waals surface area contributed by atoms with Crippen LogP contribution < -0.4 is 21.3 Å². The first-order valence-electron chi connectivity index (χ1n) is 13.6. The van der Waals surface area contributed by atoms with Gasteiger partial charge in [-0.3, -0.25) is 30.7 Å². The third-order valence-electron chi connectivity index (χ3n) is 8.75. The Labute approximate surface area is 214 Å². The van der Waals surface area contributed by atoms with Crippen molar-refractivity contribution in [1.82, 2.24) is 30.9 Å². The standard InChI is InChI=1S/C27H41N7O2/c1-27(2)21-12-11-19(15-18(21)17-32(27)3)29-26-28-16-20-24(31-26)34-22-9-8-10-23(30-22)36-14-7-5-4-6-13-33(34)25(20)35/h4,6,11-12,15,20,22-24,26,28-31H,5,7-10,13-14,16-17H2,1-3H3/b6-4-. The highest BCUT2D eigenvalue weighted by Gasteiger charge is 2.52. The summed E-state index contributed by atoms with van der Waals surface area (Å²) in [6, 6.07) is 6.70. The molecule has 1 amide bonds. The normalized spacial score (nSPS) is 35.8. The molecule has 6 rings (SSSR count). The maximum Gasteiger partial charge on any atom is 0.244 e. The van der Waals surface area contributed by atoms with Gasteiger partial charge in [0.05, 0.1) is 24.8 Å². The summed E-state index contributed by atoms with van der Waals surface area (Å²) in [4.78, 5) is 15.9. The van der Waals surface area contributed by atoms with Crippen molar-refractivity contribution in [2.45, 2.75) is 82.9 Å². The maximum absolute atomic E-state index is 13.5. The molecule has 36 heavy (non-hydrogen) atoms. The number of nitrogens with zero attached hydrogens (tertiary/aromatic N) is 3. The number of carbonyl (C=O) groups excluding carboxylic acids is 1. The topological polar surface area (TPSA) is 84.1 Å². The number of ether oxygens (including phenoxy) is 1. The van der Waals surface area contributed by atoms with Gasteiger partial charge in [-0.2, -0.15) is 5.01 Å². The summed E-state index contributed by atoms with van der Waals surface area (Å²) in [5.41, 5.74) is 3.91. The van der Waals surface area contributed by atoms with E-state index in [0.29, 0.717) is 13.1 Å². The van der Waals surface area contributed by atoms with Gasteiger partial charge in [0.2, 0.25) is 5.91 Å². The summed E-state index contributed by atoms with van der Waals surface area (Å²) in [6.45, 7) is 7.53. The van der Waals surface area contributed by atoms with E-state index in [9.17, 15) is 4.79 Å². The Bertz CT molecular complexity index is 1010. The number of hydrogen-bond acceptors (Lipinski definition) is 8. The second-order valence-electron chi connectivity index (χ2n) is 11.4. The Kier molecular flexibility index (Phi) is 6.56. The molecule has 1 aromatic rings. The minimum absolute atomic E-state index is 0.0487. The molecule has 0 radical (unpaired) electrons. The smallest absolute Gasteiger partial charge is 0.244 e. The van der Waals surface area contributed by atoms with Gasteiger partial charge in [0, 0.05) is 30.9 Å². The van der Waals surface area contributed by atoms with Crippen molar-refractivity contribution < 1.29 is 9.53 Å². The zero-order valence-corrected chi connectivity index (χ0v) is 21.8. The Morgan fingerprint density at radius 2 is 2.03 bits per heavy atom. The molecule has 4 N–H and O–H groups in total. The molecule has 5 heterocycles. The maximum atomic E-state index is 13.5. The minimum Gasteiger partial charge on any atom is -0.363 e. The molecular formula is C27H41N7O2. The minimum atomic E-state index is -0.128. The third kappa shape index (κ3) is 4.36. The van der Waals surface area contributed by atoms with Crippen LogP contribution in [0.2, 0.25) is 0 Å². The van der Waals surface area contributed by atoms with E-state index in [4.69, 9.17) is 4.74 Å². The van der Waals surface area contributed by atoms with Crippen LogP contribution >= 0.6 is 0 Å². The number of allylic oxidation sites excluding steroid dienone is 1. The van der Waals surface area contributed by atoms with Crippen molar-refractivity contribution >= 4 is 11.6 Å². The van der Waals surface area contributed by atoms with Crippen LogP contribution in [0.4, 0.5) is 5.69 Å². The lowest BCUT2D eigenvalue weighted by Gasteiger charge is -2.45. The highest BCUT2D eigenvalue weighted by Crippen LogP contribution is 2.38. The average Bonchev–Trinajstić information content (AvgIpc) is 3.26. The number of fused-ring (bicyclic) bond motifs is 7. The molecule has 5 unspecified atom stereocenters. The zero-order valence-electron chi connectivity index (χ0n) is 21.8. The largest absolute Gasteiger partial charge is 0.363 e. The van der Waals surface area contributed by atoms with E-state index in [1.54, 1.807) is 0 Å². The number of carbonyl (C=O) groups is 1. The van der Waals surface area contributed by atoms with Crippen LogP contribution in [0.3, 0.4) is 0 Å². The van der Waals surface area contributed by atoms with Gasteiger partial charge in [-0.05, 0) is 76.3 Å². The molecule has 3 saturated heterocycles. The molecule has 196 valence electrons. The van der Waals surface area contributed by atoms with Crippen LogP contribution in [-0.4, -0.2) is 72.4 Å². The number of anilines is 1. The van der Waals surface area contributed by atoms with E-state index in [0.717, 1.165) is 50.9 Å². The van der Waals surface area contributed by atoms with Crippen LogP contribution in [-0.2, 0) is 21.6 Å². The first-order chi connectivity index (χ1) is 17.4. The predicted molar refractivity (Wildman–Crippen MR) is 139 cm³/mol. The molecule has 2 bridgehead atoms. The van der Waals surface area contributed by atoms with Crippen LogP contribution in [0.15, 0.2) is 30.4 Å². The SMILES string of the molecule is CN1Cc2cc(NC3NCC4C(=O)N5C/C=C\CCCOC6CCCC(N6)N5C4N3)ccc2C1(C)C. The van der Waals surface area contributed by atoms with Crippen LogP contribution in [0.25, 0.3) is 0 Å². The van der Waals surface area contributed by atoms with E-state index >= 15 is 0 Å². The van der Waals surface area contributed by atoms with E-state index in [1.165, 1.54) is 11.1 Å². The van der Waals surface area contributed by atoms with E-state index in [-0.39, 0.29) is 42.2 Å². The van der Waals surface area contributed by atoms with Gasteiger partial charge >= 0.3 is 0 Å². The molecule has 5 atom stereocenters. The number of benzene rings is 1. The quantitative estimate of drug-likeness (QED) is 0.464. The monoisotopic (exact) mass is 495 g/mol. The van der Waals surface area contributed by atoms with Crippen molar-refractivity contribution in [3.63, 3.8) is 0 Å². The molecule has 1 aromatic carbocycles. The first kappa shape index (κ1) is 24.3. The lowest BCUT2D eigenvalue weighted by molar-refractivity contribution is -0.149. The van der Waals surface area contributed by atoms with Gasteiger partial charge < -0.3 is 10.1 Å². The number of rotatable bonds is 2. The summed E-state index contributed by atoms with van der Waals surface area (Å²) in [5.74, 6) is 0.0620. The summed E-state index contributed by atoms with van der Waals surface area (Å²) in [7, 11) is 2.18. The van der Waals surface area contributed by atoms with Crippen molar-refractivity contribution in [2.24, 2.45) is 5.92 Å². The molecular weight excluding hydrogens is 454 g/mol. The Hall–Kier alpha value is -2.01. The molecule has 0 aromatic heterocycles. The van der Waals surface area contributed by atoms with E-state index < -0.39 is 0 Å². The number of amides is 1. The van der Waals surface area contributed by atoms with Gasteiger partial charge in [0.1, 0.15) is 12.5 Å². The lowest BCUT2D eigenvalue weighted by Crippen LogP contribution is -2.68. The van der Waals surface area contributed by atoms with Crippen molar-refractivity contribution in [3.8, 4) is 0 Å². The van der Waals surface area contributed by atoms with Crippen LogP contribution in [0.1, 0.15) is 57.1 Å². The zero-order chi connectivity index (χ0) is 24.9. The summed E-state index contributed by atoms with van der Waals surface area (Å²) >= 11 is 0. The molecule has 5 aliphatic heterocycles. The number of nitrogens with one attached hydrogen (secondary N) is 4. The van der Waals surface area contributed by atoms with Crippen molar-refractivity contribution in [1.29, 1.82) is 0 Å². The molecule has 0 saturated carbocycles. The average molecular weight is 496 g/mol. The van der Waals surface area contributed by atoms with Gasteiger partial charge in [-0.15, -0.1) is 0 Å². The molecule has 5 aliphatic rings. The Morgan fingerprint density at radius 3 is 2.92 bits per heavy atom. The lowest BCUT2D eigenvalue weighted by atomic mass is 9.94. The van der Waals surface area contributed by atoms with Crippen molar-refractivity contribution in [3.05, 3.63) is 41.5 Å². The molecule has 0 aliphatic carbocycles. The molecule has 9 heteroatoms. The summed E-state index contributed by atoms with van der Waals surface area (Å²) in [5, 5.41) is 18.8. The Morgan fingerprint density at radius 1 is 1.14 bits per heavy atom.